The molecule has 0 aromatic heterocycles. The van der Waals surface area contributed by atoms with Crippen LogP contribution in [0.3, 0.4) is 0 Å². The van der Waals surface area contributed by atoms with E-state index in [1.165, 1.54) is 50.5 Å². The van der Waals surface area contributed by atoms with Crippen LogP contribution in [0.15, 0.2) is 11.6 Å². The Kier molecular flexibility index (Phi) is 3.12. The highest BCUT2D eigenvalue weighted by Gasteiger charge is 2.93. The number of carbonyl (C=O) groups is 1. The summed E-state index contributed by atoms with van der Waals surface area (Å²) in [5, 5.41) is 3.77. The molecule has 0 aromatic rings. The molecule has 8 rings (SSSR count). The van der Waals surface area contributed by atoms with E-state index in [0.717, 1.165) is 43.6 Å². The number of nitrogens with two attached hydrogens (primary N) is 1. The number of allylic oxidation sites excluding steroid dienone is 2. The standard InChI is InChI=1S/C27H38N2O2/c1-15-9-22-27(28,29-13-15)21-12-25-14-24(25)11-20-18(19(24)6-8-26(21,25)31-22)4-3-16-10-17(30)5-7-23(16,20)2/h10,15,18-22,29H,3-9,11-14,28H2,1-2H3/t15-,18-,19-,20-,21-,22+,23?,24?,25?,26+,27-/m0/s1. The van der Waals surface area contributed by atoms with Gasteiger partial charge in [0.25, 0.3) is 0 Å². The predicted octanol–water partition coefficient (Wildman–Crippen LogP) is 3.94. The van der Waals surface area contributed by atoms with Crippen LogP contribution in [0.1, 0.15) is 78.1 Å². The van der Waals surface area contributed by atoms with E-state index in [9.17, 15) is 4.79 Å². The lowest BCUT2D eigenvalue weighted by Crippen LogP contribution is -2.73. The first-order valence-electron chi connectivity index (χ1n) is 13.2. The largest absolute Gasteiger partial charge is 0.367 e. The molecule has 6 aliphatic carbocycles. The molecular formula is C27H38N2O2. The fourth-order valence-electron chi connectivity index (χ4n) is 11.5. The number of nitrogens with one attached hydrogen (secondary N) is 1. The summed E-state index contributed by atoms with van der Waals surface area (Å²) in [5.74, 6) is 4.10. The van der Waals surface area contributed by atoms with Crippen LogP contribution in [0.25, 0.3) is 0 Å². The van der Waals surface area contributed by atoms with Gasteiger partial charge in [-0.25, -0.2) is 0 Å². The first kappa shape index (κ1) is 18.7. The Morgan fingerprint density at radius 1 is 1.16 bits per heavy atom. The normalized spacial score (nSPS) is 65.1. The monoisotopic (exact) mass is 422 g/mol. The molecule has 5 saturated carbocycles. The van der Waals surface area contributed by atoms with Crippen molar-refractivity contribution >= 4 is 5.78 Å². The maximum atomic E-state index is 12.2. The number of rotatable bonds is 0. The minimum Gasteiger partial charge on any atom is -0.367 e. The molecule has 3 unspecified atom stereocenters. The second kappa shape index (κ2) is 5.18. The SMILES string of the molecule is C[C@@H]1CN[C@@]2(N)[C@H]3CC45CC46C[C@H]4[C@@H](CCC7=CC(=O)CCC74C)[C@@H]6CC[C@@]35O[C@@H]2C1. The zero-order chi connectivity index (χ0) is 21.0. The van der Waals surface area contributed by atoms with Crippen LogP contribution in [0, 0.1) is 45.8 Å². The summed E-state index contributed by atoms with van der Waals surface area (Å²) in [6.07, 6.45) is 14.4. The smallest absolute Gasteiger partial charge is 0.155 e. The molecule has 0 radical (unpaired) electrons. The van der Waals surface area contributed by atoms with E-state index >= 15 is 0 Å². The number of ketones is 1. The van der Waals surface area contributed by atoms with Crippen molar-refractivity contribution in [1.29, 1.82) is 0 Å². The molecule has 11 atom stereocenters. The average molecular weight is 423 g/mol. The lowest BCUT2D eigenvalue weighted by Gasteiger charge is -2.61. The van der Waals surface area contributed by atoms with Crippen molar-refractivity contribution in [2.45, 2.75) is 95.4 Å². The van der Waals surface area contributed by atoms with Crippen molar-refractivity contribution in [3.05, 3.63) is 11.6 Å². The van der Waals surface area contributed by atoms with Gasteiger partial charge in [0.1, 0.15) is 0 Å². The highest BCUT2D eigenvalue weighted by Crippen LogP contribution is 2.93. The molecule has 0 bridgehead atoms. The Hall–Kier alpha value is -0.710. The Bertz CT molecular complexity index is 946. The molecule has 2 aliphatic heterocycles. The molecular weight excluding hydrogens is 384 g/mol. The van der Waals surface area contributed by atoms with E-state index in [0.29, 0.717) is 28.4 Å². The lowest BCUT2D eigenvalue weighted by atomic mass is 9.47. The molecule has 4 nitrogen and oxygen atoms in total. The van der Waals surface area contributed by atoms with E-state index in [-0.39, 0.29) is 22.8 Å². The van der Waals surface area contributed by atoms with Crippen molar-refractivity contribution in [1.82, 2.24) is 5.32 Å². The summed E-state index contributed by atoms with van der Waals surface area (Å²) < 4.78 is 7.13. The number of fused-ring (bicyclic) bond motifs is 6. The summed E-state index contributed by atoms with van der Waals surface area (Å²) in [5.41, 5.74) is 9.58. The number of carbonyl (C=O) groups excluding carboxylic acids is 1. The number of piperidine rings is 1. The third-order valence-electron chi connectivity index (χ3n) is 12.9. The van der Waals surface area contributed by atoms with Crippen LogP contribution < -0.4 is 11.1 Å². The molecule has 7 fully saturated rings. The molecule has 3 spiro atoms. The van der Waals surface area contributed by atoms with Gasteiger partial charge in [0.05, 0.1) is 17.4 Å². The molecule has 3 N–H and O–H groups in total. The zero-order valence-corrected chi connectivity index (χ0v) is 19.2. The molecule has 4 heteroatoms. The minimum atomic E-state index is -0.286. The van der Waals surface area contributed by atoms with Crippen LogP contribution in [0.2, 0.25) is 0 Å². The van der Waals surface area contributed by atoms with Gasteiger partial charge in [-0.2, -0.15) is 0 Å². The van der Waals surface area contributed by atoms with E-state index in [4.69, 9.17) is 10.5 Å². The molecule has 0 amide bonds. The second-order valence-electron chi connectivity index (χ2n) is 13.5. The maximum absolute atomic E-state index is 12.2. The molecule has 168 valence electrons. The molecule has 0 aromatic carbocycles. The van der Waals surface area contributed by atoms with E-state index in [1.54, 1.807) is 0 Å². The quantitative estimate of drug-likeness (QED) is 0.621. The van der Waals surface area contributed by atoms with Gasteiger partial charge in [-0.05, 0) is 105 Å². The van der Waals surface area contributed by atoms with E-state index < -0.39 is 0 Å². The highest BCUT2D eigenvalue weighted by atomic mass is 16.5. The highest BCUT2D eigenvalue weighted by molar-refractivity contribution is 5.91. The van der Waals surface area contributed by atoms with Crippen LogP contribution >= 0.6 is 0 Å². The fourth-order valence-corrected chi connectivity index (χ4v) is 11.5. The number of ether oxygens (including phenoxy) is 1. The van der Waals surface area contributed by atoms with Gasteiger partial charge in [-0.1, -0.05) is 19.4 Å². The Balaban J connectivity index is 1.16. The van der Waals surface area contributed by atoms with Crippen molar-refractivity contribution in [3.8, 4) is 0 Å². The Morgan fingerprint density at radius 3 is 2.90 bits per heavy atom. The third kappa shape index (κ3) is 1.76. The molecule has 2 saturated heterocycles. The van der Waals surface area contributed by atoms with Gasteiger partial charge in [0.2, 0.25) is 0 Å². The average Bonchev–Trinajstić information content (AvgIpc) is 3.25. The van der Waals surface area contributed by atoms with Crippen molar-refractivity contribution in [2.75, 3.05) is 6.54 Å². The molecule has 2 heterocycles. The maximum Gasteiger partial charge on any atom is 0.155 e. The zero-order valence-electron chi connectivity index (χ0n) is 19.2. The molecule has 31 heavy (non-hydrogen) atoms. The van der Waals surface area contributed by atoms with Crippen molar-refractivity contribution in [2.24, 2.45) is 51.6 Å². The second-order valence-corrected chi connectivity index (χ2v) is 13.5. The summed E-state index contributed by atoms with van der Waals surface area (Å²) in [7, 11) is 0. The lowest BCUT2D eigenvalue weighted by molar-refractivity contribution is -0.211. The fraction of sp³-hybridized carbons (Fsp3) is 0.889. The molecule has 8 aliphatic rings. The van der Waals surface area contributed by atoms with Gasteiger partial charge >= 0.3 is 0 Å². The van der Waals surface area contributed by atoms with Gasteiger partial charge in [-0.3, -0.25) is 10.1 Å². The van der Waals surface area contributed by atoms with E-state index in [2.05, 4.69) is 25.2 Å². The third-order valence-corrected chi connectivity index (χ3v) is 12.9. The van der Waals surface area contributed by atoms with Crippen LogP contribution in [0.4, 0.5) is 0 Å². The first-order valence-corrected chi connectivity index (χ1v) is 13.2. The van der Waals surface area contributed by atoms with Gasteiger partial charge in [0, 0.05) is 17.8 Å². The Morgan fingerprint density at radius 2 is 2.03 bits per heavy atom. The summed E-state index contributed by atoms with van der Waals surface area (Å²) in [6, 6.07) is 0. The number of hydrogen-bond acceptors (Lipinski definition) is 4. The van der Waals surface area contributed by atoms with Crippen molar-refractivity contribution in [3.63, 3.8) is 0 Å². The topological polar surface area (TPSA) is 64.3 Å². The van der Waals surface area contributed by atoms with Gasteiger partial charge < -0.3 is 10.5 Å². The predicted molar refractivity (Wildman–Crippen MR) is 118 cm³/mol. The van der Waals surface area contributed by atoms with E-state index in [1.807, 2.05) is 0 Å². The Labute approximate surface area is 186 Å². The van der Waals surface area contributed by atoms with Crippen molar-refractivity contribution < 1.29 is 9.53 Å². The van der Waals surface area contributed by atoms with Crippen LogP contribution in [0.5, 0.6) is 0 Å². The van der Waals surface area contributed by atoms with Crippen LogP contribution in [-0.2, 0) is 9.53 Å². The minimum absolute atomic E-state index is 0.0651. The summed E-state index contributed by atoms with van der Waals surface area (Å²) >= 11 is 0. The van der Waals surface area contributed by atoms with Gasteiger partial charge in [0.15, 0.2) is 5.78 Å². The summed E-state index contributed by atoms with van der Waals surface area (Å²) in [4.78, 5) is 12.2. The summed E-state index contributed by atoms with van der Waals surface area (Å²) in [6.45, 7) is 5.90. The first-order chi connectivity index (χ1) is 14.8. The number of hydrogen-bond donors (Lipinski definition) is 2. The van der Waals surface area contributed by atoms with Crippen LogP contribution in [-0.4, -0.2) is 29.7 Å². The van der Waals surface area contributed by atoms with Gasteiger partial charge in [-0.15, -0.1) is 0 Å².